The number of para-hydroxylation sites is 2. The van der Waals surface area contributed by atoms with E-state index in [-0.39, 0.29) is 18.3 Å². The number of ether oxygens (including phenoxy) is 2. The summed E-state index contributed by atoms with van der Waals surface area (Å²) in [5.74, 6) is 0.352. The van der Waals surface area contributed by atoms with Crippen molar-refractivity contribution in [1.82, 2.24) is 20.1 Å². The van der Waals surface area contributed by atoms with Gasteiger partial charge in [0, 0.05) is 7.05 Å². The van der Waals surface area contributed by atoms with E-state index in [4.69, 9.17) is 9.47 Å². The zero-order chi connectivity index (χ0) is 21.4. The van der Waals surface area contributed by atoms with Crippen molar-refractivity contribution in [2.24, 2.45) is 0 Å². The number of nitrogens with one attached hydrogen (secondary N) is 1. The Bertz CT molecular complexity index is 1130. The first-order chi connectivity index (χ1) is 15.1. The molecule has 0 radical (unpaired) electrons. The van der Waals surface area contributed by atoms with Crippen molar-refractivity contribution in [3.8, 4) is 5.75 Å². The minimum absolute atomic E-state index is 0.00125. The fraction of sp³-hybridized carbons (Fsp3) is 0.273. The standard InChI is InChI=1S/C22H21N5O4/c1-26-16-9-5-6-10-17(16)31-13-15(22(26)29)23-21(28)19-24-20-18(14-7-3-2-4-8-14)30-12-11-27(20)25-19/h2-10,15,18H,11-13H2,1H3,(H,23,28)/t15-,18?/m0/s1. The number of hydrogen-bond acceptors (Lipinski definition) is 6. The van der Waals surface area contributed by atoms with E-state index in [0.29, 0.717) is 30.4 Å². The van der Waals surface area contributed by atoms with Crippen LogP contribution in [0.5, 0.6) is 5.75 Å². The maximum Gasteiger partial charge on any atom is 0.291 e. The summed E-state index contributed by atoms with van der Waals surface area (Å²) in [6, 6.07) is 16.1. The SMILES string of the molecule is CN1C(=O)[C@@H](NC(=O)c2nc3n(n2)CCOC3c2ccccc2)COc2ccccc21. The van der Waals surface area contributed by atoms with E-state index >= 15 is 0 Å². The Balaban J connectivity index is 1.36. The number of benzene rings is 2. The van der Waals surface area contributed by atoms with Crippen LogP contribution in [0.1, 0.15) is 28.1 Å². The van der Waals surface area contributed by atoms with Gasteiger partial charge >= 0.3 is 0 Å². The molecule has 0 spiro atoms. The molecule has 2 atom stereocenters. The number of fused-ring (bicyclic) bond motifs is 2. The Morgan fingerprint density at radius 1 is 1.13 bits per heavy atom. The molecule has 3 aromatic rings. The van der Waals surface area contributed by atoms with E-state index < -0.39 is 18.1 Å². The lowest BCUT2D eigenvalue weighted by Gasteiger charge is -2.22. The number of rotatable bonds is 3. The third kappa shape index (κ3) is 3.53. The summed E-state index contributed by atoms with van der Waals surface area (Å²) >= 11 is 0. The van der Waals surface area contributed by atoms with Gasteiger partial charge in [0.15, 0.2) is 5.82 Å². The van der Waals surface area contributed by atoms with Gasteiger partial charge in [0.1, 0.15) is 24.5 Å². The topological polar surface area (TPSA) is 98.6 Å². The van der Waals surface area contributed by atoms with Crippen LogP contribution in [-0.4, -0.2) is 52.9 Å². The predicted octanol–water partition coefficient (Wildman–Crippen LogP) is 1.55. The largest absolute Gasteiger partial charge is 0.489 e. The fourth-order valence-electron chi connectivity index (χ4n) is 3.79. The third-order valence-electron chi connectivity index (χ3n) is 5.39. The van der Waals surface area contributed by atoms with Gasteiger partial charge in [0.25, 0.3) is 11.8 Å². The molecular formula is C22H21N5O4. The van der Waals surface area contributed by atoms with Crippen molar-refractivity contribution in [2.75, 3.05) is 25.2 Å². The molecule has 0 aliphatic carbocycles. The van der Waals surface area contributed by atoms with Crippen molar-refractivity contribution in [2.45, 2.75) is 18.7 Å². The predicted molar refractivity (Wildman–Crippen MR) is 111 cm³/mol. The monoisotopic (exact) mass is 419 g/mol. The normalized spacial score (nSPS) is 20.3. The Morgan fingerprint density at radius 3 is 2.74 bits per heavy atom. The van der Waals surface area contributed by atoms with Crippen LogP contribution in [-0.2, 0) is 16.1 Å². The summed E-state index contributed by atoms with van der Waals surface area (Å²) in [4.78, 5) is 31.7. The molecule has 2 aliphatic rings. The number of nitrogens with zero attached hydrogens (tertiary/aromatic N) is 4. The molecule has 0 fully saturated rings. The van der Waals surface area contributed by atoms with Crippen LogP contribution in [0.3, 0.4) is 0 Å². The van der Waals surface area contributed by atoms with Gasteiger partial charge in [-0.05, 0) is 17.7 Å². The highest BCUT2D eigenvalue weighted by Crippen LogP contribution is 2.30. The van der Waals surface area contributed by atoms with Crippen LogP contribution in [0.4, 0.5) is 5.69 Å². The highest BCUT2D eigenvalue weighted by molar-refractivity contribution is 6.02. The number of likely N-dealkylation sites (N-methyl/N-ethyl adjacent to an activating group) is 1. The van der Waals surface area contributed by atoms with Crippen LogP contribution >= 0.6 is 0 Å². The molecule has 1 unspecified atom stereocenters. The van der Waals surface area contributed by atoms with Gasteiger partial charge in [-0.25, -0.2) is 9.67 Å². The Morgan fingerprint density at radius 2 is 1.90 bits per heavy atom. The zero-order valence-electron chi connectivity index (χ0n) is 16.9. The average Bonchev–Trinajstić information content (AvgIpc) is 3.22. The van der Waals surface area contributed by atoms with Crippen LogP contribution in [0, 0.1) is 0 Å². The molecule has 1 N–H and O–H groups in total. The van der Waals surface area contributed by atoms with E-state index in [2.05, 4.69) is 15.4 Å². The first-order valence-corrected chi connectivity index (χ1v) is 10.0. The smallest absolute Gasteiger partial charge is 0.291 e. The molecule has 3 heterocycles. The number of amides is 2. The van der Waals surface area contributed by atoms with Gasteiger partial charge in [0.2, 0.25) is 5.82 Å². The number of carbonyl (C=O) groups is 2. The molecule has 9 nitrogen and oxygen atoms in total. The Hall–Kier alpha value is -3.72. The molecule has 0 saturated carbocycles. The molecular weight excluding hydrogens is 398 g/mol. The van der Waals surface area contributed by atoms with E-state index in [1.807, 2.05) is 42.5 Å². The van der Waals surface area contributed by atoms with E-state index in [1.165, 1.54) is 4.90 Å². The van der Waals surface area contributed by atoms with E-state index in [0.717, 1.165) is 5.56 Å². The fourth-order valence-corrected chi connectivity index (χ4v) is 3.79. The van der Waals surface area contributed by atoms with Gasteiger partial charge in [0.05, 0.1) is 18.8 Å². The van der Waals surface area contributed by atoms with Crippen LogP contribution in [0.2, 0.25) is 0 Å². The number of anilines is 1. The van der Waals surface area contributed by atoms with Gasteiger partial charge < -0.3 is 19.7 Å². The van der Waals surface area contributed by atoms with Crippen LogP contribution in [0.15, 0.2) is 54.6 Å². The van der Waals surface area contributed by atoms with Gasteiger partial charge in [-0.2, -0.15) is 0 Å². The zero-order valence-corrected chi connectivity index (χ0v) is 16.9. The highest BCUT2D eigenvalue weighted by atomic mass is 16.5. The molecule has 31 heavy (non-hydrogen) atoms. The highest BCUT2D eigenvalue weighted by Gasteiger charge is 2.33. The Kier molecular flexibility index (Phi) is 4.87. The molecule has 2 aromatic carbocycles. The van der Waals surface area contributed by atoms with Gasteiger partial charge in [-0.15, -0.1) is 5.10 Å². The molecule has 2 amide bonds. The molecule has 0 saturated heterocycles. The maximum absolute atomic E-state index is 12.9. The maximum atomic E-state index is 12.9. The van der Waals surface area contributed by atoms with Crippen molar-refractivity contribution >= 4 is 17.5 Å². The third-order valence-corrected chi connectivity index (χ3v) is 5.39. The first kappa shape index (κ1) is 19.3. The molecule has 9 heteroatoms. The molecule has 2 aliphatic heterocycles. The summed E-state index contributed by atoms with van der Waals surface area (Å²) in [6.07, 6.45) is -0.396. The van der Waals surface area contributed by atoms with Crippen LogP contribution < -0.4 is 15.0 Å². The van der Waals surface area contributed by atoms with Crippen molar-refractivity contribution in [1.29, 1.82) is 0 Å². The summed E-state index contributed by atoms with van der Waals surface area (Å²) in [6.45, 7) is 0.993. The van der Waals surface area contributed by atoms with E-state index in [9.17, 15) is 9.59 Å². The molecule has 158 valence electrons. The lowest BCUT2D eigenvalue weighted by atomic mass is 10.1. The minimum Gasteiger partial charge on any atom is -0.489 e. The van der Waals surface area contributed by atoms with Crippen LogP contribution in [0.25, 0.3) is 0 Å². The summed E-state index contributed by atoms with van der Waals surface area (Å²) in [7, 11) is 1.66. The quantitative estimate of drug-likeness (QED) is 0.692. The first-order valence-electron chi connectivity index (χ1n) is 10.0. The number of hydrogen-bond donors (Lipinski definition) is 1. The summed E-state index contributed by atoms with van der Waals surface area (Å²) < 4.78 is 13.3. The van der Waals surface area contributed by atoms with Crippen molar-refractivity contribution in [3.63, 3.8) is 0 Å². The molecule has 5 rings (SSSR count). The lowest BCUT2D eigenvalue weighted by Crippen LogP contribution is -2.49. The average molecular weight is 419 g/mol. The lowest BCUT2D eigenvalue weighted by molar-refractivity contribution is -0.120. The van der Waals surface area contributed by atoms with E-state index in [1.54, 1.807) is 23.9 Å². The number of aromatic nitrogens is 3. The van der Waals surface area contributed by atoms with Gasteiger partial charge in [-0.1, -0.05) is 42.5 Å². The molecule has 1 aromatic heterocycles. The summed E-state index contributed by atoms with van der Waals surface area (Å²) in [5.41, 5.74) is 1.59. The second-order valence-electron chi connectivity index (χ2n) is 7.38. The second kappa shape index (κ2) is 7.84. The second-order valence-corrected chi connectivity index (χ2v) is 7.38. The minimum atomic E-state index is -0.855. The van der Waals surface area contributed by atoms with Crippen molar-refractivity contribution in [3.05, 3.63) is 71.8 Å². The Labute approximate surface area is 178 Å². The summed E-state index contributed by atoms with van der Waals surface area (Å²) in [5, 5.41) is 7.07. The van der Waals surface area contributed by atoms with Gasteiger partial charge in [-0.3, -0.25) is 9.59 Å². The molecule has 0 bridgehead atoms. The number of carbonyl (C=O) groups excluding carboxylic acids is 2. The van der Waals surface area contributed by atoms with Crippen molar-refractivity contribution < 1.29 is 19.1 Å².